The molecule has 2 N–H and O–H groups in total. The Morgan fingerprint density at radius 1 is 1.28 bits per heavy atom. The zero-order valence-corrected chi connectivity index (χ0v) is 11.3. The summed E-state index contributed by atoms with van der Waals surface area (Å²) in [5.41, 5.74) is 8.00. The minimum atomic E-state index is 0.375. The average molecular weight is 264 g/mol. The predicted octanol–water partition coefficient (Wildman–Crippen LogP) is 3.21. The Hall–Kier alpha value is -1.06. The fourth-order valence-electron chi connectivity index (χ4n) is 2.98. The van der Waals surface area contributed by atoms with Gasteiger partial charge in [-0.1, -0.05) is 17.7 Å². The third kappa shape index (κ3) is 1.91. The maximum atomic E-state index is 6.26. The van der Waals surface area contributed by atoms with Crippen LogP contribution in [0.3, 0.4) is 0 Å². The molecule has 1 saturated carbocycles. The Bertz CT molecular complexity index is 568. The van der Waals surface area contributed by atoms with Crippen LogP contribution in [0, 0.1) is 0 Å². The minimum absolute atomic E-state index is 0.375. The molecule has 3 rings (SSSR count). The molecule has 1 aliphatic carbocycles. The summed E-state index contributed by atoms with van der Waals surface area (Å²) in [4.78, 5) is 4.76. The number of hydrogen-bond acceptors (Lipinski definition) is 2. The summed E-state index contributed by atoms with van der Waals surface area (Å²) in [6.45, 7) is 0. The molecule has 0 atom stereocenters. The van der Waals surface area contributed by atoms with E-state index in [0.717, 1.165) is 47.6 Å². The van der Waals surface area contributed by atoms with Gasteiger partial charge in [0, 0.05) is 19.0 Å². The summed E-state index contributed by atoms with van der Waals surface area (Å²) in [6.07, 6.45) is 4.47. The Labute approximate surface area is 112 Å². The zero-order chi connectivity index (χ0) is 12.7. The van der Waals surface area contributed by atoms with Crippen LogP contribution in [0.15, 0.2) is 18.2 Å². The molecule has 0 bridgehead atoms. The van der Waals surface area contributed by atoms with Gasteiger partial charge in [0.1, 0.15) is 5.82 Å². The second kappa shape index (κ2) is 4.56. The lowest BCUT2D eigenvalue weighted by molar-refractivity contribution is 0.380. The first-order valence-corrected chi connectivity index (χ1v) is 6.91. The summed E-state index contributed by atoms with van der Waals surface area (Å²) in [6, 6.07) is 6.28. The van der Waals surface area contributed by atoms with Crippen LogP contribution in [0.25, 0.3) is 11.0 Å². The first kappa shape index (κ1) is 12.0. The number of para-hydroxylation sites is 1. The number of halogens is 1. The normalized spacial score (nSPS) is 24.6. The van der Waals surface area contributed by atoms with Gasteiger partial charge in [-0.05, 0) is 37.8 Å². The quantitative estimate of drug-likeness (QED) is 0.859. The summed E-state index contributed by atoms with van der Waals surface area (Å²) in [5.74, 6) is 1.68. The van der Waals surface area contributed by atoms with Crippen molar-refractivity contribution < 1.29 is 0 Å². The molecular weight excluding hydrogens is 246 g/mol. The molecule has 0 unspecified atom stereocenters. The average Bonchev–Trinajstić information content (AvgIpc) is 2.69. The van der Waals surface area contributed by atoms with Crippen LogP contribution in [0.2, 0.25) is 5.02 Å². The largest absolute Gasteiger partial charge is 0.330 e. The first-order valence-electron chi connectivity index (χ1n) is 6.53. The van der Waals surface area contributed by atoms with Crippen molar-refractivity contribution in [3.8, 4) is 0 Å². The van der Waals surface area contributed by atoms with Crippen molar-refractivity contribution in [1.82, 2.24) is 9.55 Å². The Balaban J connectivity index is 2.02. The third-order valence-electron chi connectivity index (χ3n) is 4.02. The van der Waals surface area contributed by atoms with Crippen molar-refractivity contribution in [3.05, 3.63) is 29.0 Å². The van der Waals surface area contributed by atoms with E-state index >= 15 is 0 Å². The predicted molar refractivity (Wildman–Crippen MR) is 74.9 cm³/mol. The number of aromatic nitrogens is 2. The fourth-order valence-corrected chi connectivity index (χ4v) is 3.28. The van der Waals surface area contributed by atoms with Crippen molar-refractivity contribution in [1.29, 1.82) is 0 Å². The smallest absolute Gasteiger partial charge is 0.112 e. The van der Waals surface area contributed by atoms with Crippen molar-refractivity contribution in [2.75, 3.05) is 0 Å². The van der Waals surface area contributed by atoms with Gasteiger partial charge < -0.3 is 10.3 Å². The monoisotopic (exact) mass is 263 g/mol. The molecule has 1 fully saturated rings. The van der Waals surface area contributed by atoms with E-state index in [1.54, 1.807) is 0 Å². The van der Waals surface area contributed by atoms with Crippen LogP contribution in [0.4, 0.5) is 0 Å². The molecule has 1 heterocycles. The highest BCUT2D eigenvalue weighted by atomic mass is 35.5. The standard InChI is InChI=1S/C14H18ClN3/c1-18-13-11(15)3-2-4-12(13)17-14(18)9-5-7-10(16)8-6-9/h2-4,9-10H,5-8,16H2,1H3. The van der Waals surface area contributed by atoms with E-state index in [0.29, 0.717) is 12.0 Å². The molecule has 3 nitrogen and oxygen atoms in total. The van der Waals surface area contributed by atoms with Crippen molar-refractivity contribution >= 4 is 22.6 Å². The highest BCUT2D eigenvalue weighted by molar-refractivity contribution is 6.35. The summed E-state index contributed by atoms with van der Waals surface area (Å²) in [5, 5.41) is 0.779. The number of rotatable bonds is 1. The fraction of sp³-hybridized carbons (Fsp3) is 0.500. The number of nitrogens with zero attached hydrogens (tertiary/aromatic N) is 2. The van der Waals surface area contributed by atoms with Gasteiger partial charge in [0.25, 0.3) is 0 Å². The van der Waals surface area contributed by atoms with Crippen molar-refractivity contribution in [3.63, 3.8) is 0 Å². The molecule has 0 radical (unpaired) electrons. The zero-order valence-electron chi connectivity index (χ0n) is 10.6. The first-order chi connectivity index (χ1) is 8.66. The summed E-state index contributed by atoms with van der Waals surface area (Å²) >= 11 is 6.26. The van der Waals surface area contributed by atoms with E-state index in [9.17, 15) is 0 Å². The molecule has 0 saturated heterocycles. The maximum absolute atomic E-state index is 6.26. The van der Waals surface area contributed by atoms with Crippen LogP contribution in [-0.2, 0) is 7.05 Å². The number of aryl methyl sites for hydroxylation is 1. The molecule has 1 aromatic carbocycles. The van der Waals surface area contributed by atoms with Gasteiger partial charge in [-0.3, -0.25) is 0 Å². The topological polar surface area (TPSA) is 43.8 Å². The van der Waals surface area contributed by atoms with Gasteiger partial charge in [0.2, 0.25) is 0 Å². The third-order valence-corrected chi connectivity index (χ3v) is 4.32. The van der Waals surface area contributed by atoms with Crippen molar-refractivity contribution in [2.45, 2.75) is 37.6 Å². The molecule has 4 heteroatoms. The van der Waals surface area contributed by atoms with Crippen LogP contribution >= 0.6 is 11.6 Å². The molecule has 0 amide bonds. The van der Waals surface area contributed by atoms with Gasteiger partial charge in [0.15, 0.2) is 0 Å². The summed E-state index contributed by atoms with van der Waals surface area (Å²) in [7, 11) is 2.06. The number of fused-ring (bicyclic) bond motifs is 1. The van der Waals surface area contributed by atoms with Crippen LogP contribution < -0.4 is 5.73 Å². The van der Waals surface area contributed by atoms with Crippen LogP contribution in [0.1, 0.15) is 37.4 Å². The molecule has 0 spiro atoms. The lowest BCUT2D eigenvalue weighted by atomic mass is 9.86. The lowest BCUT2D eigenvalue weighted by Crippen LogP contribution is -2.26. The number of imidazole rings is 1. The minimum Gasteiger partial charge on any atom is -0.330 e. The second-order valence-electron chi connectivity index (χ2n) is 5.25. The van der Waals surface area contributed by atoms with Gasteiger partial charge in [-0.25, -0.2) is 4.98 Å². The van der Waals surface area contributed by atoms with E-state index in [2.05, 4.69) is 11.6 Å². The van der Waals surface area contributed by atoms with Gasteiger partial charge in [-0.15, -0.1) is 0 Å². The van der Waals surface area contributed by atoms with Gasteiger partial charge >= 0.3 is 0 Å². The van der Waals surface area contributed by atoms with Crippen LogP contribution in [-0.4, -0.2) is 15.6 Å². The number of nitrogens with two attached hydrogens (primary N) is 1. The second-order valence-corrected chi connectivity index (χ2v) is 5.66. The Kier molecular flexibility index (Phi) is 3.04. The molecule has 2 aromatic rings. The van der Waals surface area contributed by atoms with E-state index in [4.69, 9.17) is 22.3 Å². The molecule has 1 aliphatic rings. The van der Waals surface area contributed by atoms with E-state index in [1.807, 2.05) is 18.2 Å². The SMILES string of the molecule is Cn1c(C2CCC(N)CC2)nc2cccc(Cl)c21. The van der Waals surface area contributed by atoms with Crippen molar-refractivity contribution in [2.24, 2.45) is 12.8 Å². The summed E-state index contributed by atoms with van der Waals surface area (Å²) < 4.78 is 2.15. The molecule has 96 valence electrons. The molecule has 1 aromatic heterocycles. The Morgan fingerprint density at radius 2 is 2.00 bits per heavy atom. The van der Waals surface area contributed by atoms with E-state index in [-0.39, 0.29) is 0 Å². The molecule has 0 aliphatic heterocycles. The lowest BCUT2D eigenvalue weighted by Gasteiger charge is -2.25. The maximum Gasteiger partial charge on any atom is 0.112 e. The number of benzene rings is 1. The van der Waals surface area contributed by atoms with Gasteiger partial charge in [-0.2, -0.15) is 0 Å². The molecule has 18 heavy (non-hydrogen) atoms. The van der Waals surface area contributed by atoms with E-state index < -0.39 is 0 Å². The molecular formula is C14H18ClN3. The Morgan fingerprint density at radius 3 is 2.67 bits per heavy atom. The number of hydrogen-bond donors (Lipinski definition) is 1. The van der Waals surface area contributed by atoms with Gasteiger partial charge in [0.05, 0.1) is 16.1 Å². The highest BCUT2D eigenvalue weighted by Crippen LogP contribution is 2.34. The highest BCUT2D eigenvalue weighted by Gasteiger charge is 2.24. The van der Waals surface area contributed by atoms with Crippen LogP contribution in [0.5, 0.6) is 0 Å². The van der Waals surface area contributed by atoms with E-state index in [1.165, 1.54) is 0 Å².